The lowest BCUT2D eigenvalue weighted by Gasteiger charge is -2.33. The molecule has 0 aliphatic carbocycles. The lowest BCUT2D eigenvalue weighted by Crippen LogP contribution is -2.46. The van der Waals surface area contributed by atoms with Gasteiger partial charge >= 0.3 is 11.9 Å². The van der Waals surface area contributed by atoms with Crippen molar-refractivity contribution in [3.8, 4) is 0 Å². The van der Waals surface area contributed by atoms with Crippen LogP contribution in [-0.4, -0.2) is 49.5 Å². The molecule has 2 aromatic carbocycles. The molecule has 1 fully saturated rings. The van der Waals surface area contributed by atoms with Crippen molar-refractivity contribution in [2.45, 2.75) is 32.9 Å². The summed E-state index contributed by atoms with van der Waals surface area (Å²) in [6, 6.07) is 17.0. The Balaban J connectivity index is 0.00000385. The number of ether oxygens (including phenoxy) is 2. The molecule has 1 saturated heterocycles. The van der Waals surface area contributed by atoms with Crippen molar-refractivity contribution >= 4 is 41.9 Å². The molecule has 8 heteroatoms. The van der Waals surface area contributed by atoms with Crippen molar-refractivity contribution < 1.29 is 19.1 Å². The maximum absolute atomic E-state index is 12.5. The standard InChI is InChI=1S/C25H31N3O4.HI/c1-3-26-25(28-14-12-21(13-15-28)23(29)31-2)27-17-20-10-7-11-22(16-20)24(30)32-18-19-8-5-4-6-9-19;/h4-11,16,21H,3,12-15,17-18H2,1-2H3,(H,26,27);1H. The number of hydrogen-bond acceptors (Lipinski definition) is 5. The van der Waals surface area contributed by atoms with E-state index in [2.05, 4.69) is 10.2 Å². The molecule has 1 N–H and O–H groups in total. The molecular weight excluding hydrogens is 533 g/mol. The lowest BCUT2D eigenvalue weighted by atomic mass is 9.97. The Kier molecular flexibility index (Phi) is 11.2. The normalized spacial score (nSPS) is 14.2. The smallest absolute Gasteiger partial charge is 0.338 e. The van der Waals surface area contributed by atoms with Gasteiger partial charge < -0.3 is 19.7 Å². The van der Waals surface area contributed by atoms with Gasteiger partial charge in [-0.15, -0.1) is 24.0 Å². The number of rotatable bonds is 7. The van der Waals surface area contributed by atoms with Crippen LogP contribution in [0.25, 0.3) is 0 Å². The summed E-state index contributed by atoms with van der Waals surface area (Å²) < 4.78 is 10.3. The maximum atomic E-state index is 12.5. The molecule has 1 aliphatic rings. The van der Waals surface area contributed by atoms with Crippen LogP contribution in [0.2, 0.25) is 0 Å². The third-order valence-electron chi connectivity index (χ3n) is 5.45. The van der Waals surface area contributed by atoms with Crippen LogP contribution in [0.4, 0.5) is 0 Å². The quantitative estimate of drug-likeness (QED) is 0.237. The minimum Gasteiger partial charge on any atom is -0.469 e. The highest BCUT2D eigenvalue weighted by atomic mass is 127. The average Bonchev–Trinajstić information content (AvgIpc) is 2.85. The maximum Gasteiger partial charge on any atom is 0.338 e. The highest BCUT2D eigenvalue weighted by molar-refractivity contribution is 14.0. The fourth-order valence-corrected chi connectivity index (χ4v) is 3.69. The SMILES string of the molecule is CCNC(=NCc1cccc(C(=O)OCc2ccccc2)c1)N1CCC(C(=O)OC)CC1.I. The van der Waals surface area contributed by atoms with E-state index < -0.39 is 0 Å². The van der Waals surface area contributed by atoms with Gasteiger partial charge in [0.05, 0.1) is 25.1 Å². The summed E-state index contributed by atoms with van der Waals surface area (Å²) in [5.74, 6) is 0.282. The van der Waals surface area contributed by atoms with Gasteiger partial charge in [0.1, 0.15) is 6.61 Å². The fourth-order valence-electron chi connectivity index (χ4n) is 3.69. The van der Waals surface area contributed by atoms with Gasteiger partial charge in [-0.1, -0.05) is 42.5 Å². The van der Waals surface area contributed by atoms with Crippen molar-refractivity contribution in [3.05, 3.63) is 71.3 Å². The van der Waals surface area contributed by atoms with Crippen LogP contribution in [0.3, 0.4) is 0 Å². The number of benzene rings is 2. The van der Waals surface area contributed by atoms with Crippen LogP contribution >= 0.6 is 24.0 Å². The van der Waals surface area contributed by atoms with E-state index in [1.54, 1.807) is 6.07 Å². The number of halogens is 1. The zero-order chi connectivity index (χ0) is 22.8. The second-order valence-corrected chi connectivity index (χ2v) is 7.72. The average molecular weight is 565 g/mol. The predicted octanol–water partition coefficient (Wildman–Crippen LogP) is 4.01. The number of esters is 2. The number of guanidine groups is 1. The topological polar surface area (TPSA) is 80.2 Å². The molecular formula is C25H32IN3O4. The van der Waals surface area contributed by atoms with Gasteiger partial charge in [0, 0.05) is 19.6 Å². The highest BCUT2D eigenvalue weighted by Gasteiger charge is 2.26. The second kappa shape index (κ2) is 13.8. The number of methoxy groups -OCH3 is 1. The Bertz CT molecular complexity index is 928. The van der Waals surface area contributed by atoms with Gasteiger partial charge in [0.25, 0.3) is 0 Å². The summed E-state index contributed by atoms with van der Waals surface area (Å²) in [5.41, 5.74) is 2.39. The van der Waals surface area contributed by atoms with Gasteiger partial charge in [-0.25, -0.2) is 9.79 Å². The largest absolute Gasteiger partial charge is 0.469 e. The van der Waals surface area contributed by atoms with E-state index in [0.717, 1.165) is 49.6 Å². The molecule has 33 heavy (non-hydrogen) atoms. The van der Waals surface area contributed by atoms with Gasteiger partial charge in [-0.05, 0) is 43.0 Å². The monoisotopic (exact) mass is 565 g/mol. The third-order valence-corrected chi connectivity index (χ3v) is 5.45. The molecule has 0 amide bonds. The van der Waals surface area contributed by atoms with Crippen molar-refractivity contribution in [3.63, 3.8) is 0 Å². The summed E-state index contributed by atoms with van der Waals surface area (Å²) >= 11 is 0. The number of nitrogens with one attached hydrogen (secondary N) is 1. The Morgan fingerprint density at radius 3 is 2.42 bits per heavy atom. The lowest BCUT2D eigenvalue weighted by molar-refractivity contribution is -0.146. The fraction of sp³-hybridized carbons (Fsp3) is 0.400. The molecule has 0 atom stereocenters. The molecule has 1 heterocycles. The van der Waals surface area contributed by atoms with Crippen LogP contribution in [0, 0.1) is 5.92 Å². The first-order chi connectivity index (χ1) is 15.6. The van der Waals surface area contributed by atoms with Crippen LogP contribution < -0.4 is 5.32 Å². The first-order valence-electron chi connectivity index (χ1n) is 11.0. The summed E-state index contributed by atoms with van der Waals surface area (Å²) in [5, 5.41) is 3.32. The van der Waals surface area contributed by atoms with Crippen LogP contribution in [0.15, 0.2) is 59.6 Å². The molecule has 2 aromatic rings. The van der Waals surface area contributed by atoms with E-state index in [1.807, 2.05) is 55.5 Å². The van der Waals surface area contributed by atoms with Crippen molar-refractivity contribution in [2.24, 2.45) is 10.9 Å². The summed E-state index contributed by atoms with van der Waals surface area (Å²) in [6.45, 7) is 4.96. The van der Waals surface area contributed by atoms with Gasteiger partial charge in [-0.3, -0.25) is 4.79 Å². The van der Waals surface area contributed by atoms with Crippen LogP contribution in [-0.2, 0) is 27.4 Å². The molecule has 3 rings (SSSR count). The molecule has 0 unspecified atom stereocenters. The van der Waals surface area contributed by atoms with E-state index in [1.165, 1.54) is 7.11 Å². The highest BCUT2D eigenvalue weighted by Crippen LogP contribution is 2.19. The number of carbonyl (C=O) groups is 2. The number of carbonyl (C=O) groups excluding carboxylic acids is 2. The van der Waals surface area contributed by atoms with Gasteiger partial charge in [0.2, 0.25) is 0 Å². The molecule has 0 spiro atoms. The minimum absolute atomic E-state index is 0. The van der Waals surface area contributed by atoms with E-state index in [9.17, 15) is 9.59 Å². The Labute approximate surface area is 212 Å². The van der Waals surface area contributed by atoms with Crippen LogP contribution in [0.5, 0.6) is 0 Å². The predicted molar refractivity (Wildman–Crippen MR) is 139 cm³/mol. The van der Waals surface area contributed by atoms with Gasteiger partial charge in [-0.2, -0.15) is 0 Å². The molecule has 0 aromatic heterocycles. The molecule has 178 valence electrons. The molecule has 7 nitrogen and oxygen atoms in total. The minimum atomic E-state index is -0.350. The zero-order valence-electron chi connectivity index (χ0n) is 19.2. The Morgan fingerprint density at radius 2 is 1.76 bits per heavy atom. The van der Waals surface area contributed by atoms with E-state index >= 15 is 0 Å². The number of aliphatic imine (C=N–C) groups is 1. The summed E-state index contributed by atoms with van der Waals surface area (Å²) in [6.07, 6.45) is 1.50. The van der Waals surface area contributed by atoms with Crippen molar-refractivity contribution in [2.75, 3.05) is 26.7 Å². The summed E-state index contributed by atoms with van der Waals surface area (Å²) in [4.78, 5) is 31.1. The molecule has 0 radical (unpaired) electrons. The summed E-state index contributed by atoms with van der Waals surface area (Å²) in [7, 11) is 1.44. The molecule has 0 saturated carbocycles. The molecule has 0 bridgehead atoms. The van der Waals surface area contributed by atoms with Crippen molar-refractivity contribution in [1.29, 1.82) is 0 Å². The van der Waals surface area contributed by atoms with Gasteiger partial charge in [0.15, 0.2) is 5.96 Å². The van der Waals surface area contributed by atoms with E-state index in [-0.39, 0.29) is 48.4 Å². The second-order valence-electron chi connectivity index (χ2n) is 7.72. The zero-order valence-corrected chi connectivity index (χ0v) is 21.5. The van der Waals surface area contributed by atoms with E-state index in [0.29, 0.717) is 12.1 Å². The van der Waals surface area contributed by atoms with Crippen LogP contribution in [0.1, 0.15) is 41.3 Å². The number of hydrogen-bond donors (Lipinski definition) is 1. The first kappa shape index (κ1) is 26.6. The third kappa shape index (κ3) is 8.03. The van der Waals surface area contributed by atoms with E-state index in [4.69, 9.17) is 14.5 Å². The number of piperidine rings is 1. The number of nitrogens with zero attached hydrogens (tertiary/aromatic N) is 2. The first-order valence-corrected chi connectivity index (χ1v) is 11.0. The molecule has 1 aliphatic heterocycles. The Morgan fingerprint density at radius 1 is 1.06 bits per heavy atom. The van der Waals surface area contributed by atoms with Crippen molar-refractivity contribution in [1.82, 2.24) is 10.2 Å². The Hall–Kier alpha value is -2.62. The number of likely N-dealkylation sites (tertiary alicyclic amines) is 1.